The number of allylic oxidation sites excluding steroid dienone is 3. The number of fused-ring (bicyclic) bond motifs is 2. The number of halogens is 2. The molecule has 3 aliphatic heterocycles. The molecule has 0 unspecified atom stereocenters. The van der Waals surface area contributed by atoms with Gasteiger partial charge in [-0.15, -0.1) is 0 Å². The number of piperazine rings is 1. The van der Waals surface area contributed by atoms with E-state index in [9.17, 15) is 9.59 Å². The zero-order valence-electron chi connectivity index (χ0n) is 18.9. The van der Waals surface area contributed by atoms with E-state index >= 15 is 8.63 Å². The van der Waals surface area contributed by atoms with Gasteiger partial charge in [0.2, 0.25) is 5.91 Å². The molecular weight excluding hydrogens is 413 g/mol. The predicted octanol–water partition coefficient (Wildman–Crippen LogP) is 2.72. The van der Waals surface area contributed by atoms with E-state index in [-0.39, 0.29) is 24.5 Å². The minimum absolute atomic E-state index is 0.0104. The third-order valence-electron chi connectivity index (χ3n) is 6.45. The Morgan fingerprint density at radius 1 is 1.12 bits per heavy atom. The molecule has 3 aliphatic rings. The molecule has 4 heterocycles. The highest BCUT2D eigenvalue weighted by atomic mass is 19.2. The van der Waals surface area contributed by atoms with Crippen molar-refractivity contribution in [3.8, 4) is 0 Å². The van der Waals surface area contributed by atoms with Gasteiger partial charge in [-0.2, -0.15) is 0 Å². The summed E-state index contributed by atoms with van der Waals surface area (Å²) in [5.41, 5.74) is 2.90. The Bertz CT molecular complexity index is 1080. The van der Waals surface area contributed by atoms with Crippen molar-refractivity contribution in [2.75, 3.05) is 32.7 Å². The zero-order chi connectivity index (χ0) is 23.0. The summed E-state index contributed by atoms with van der Waals surface area (Å²) in [5, 5.41) is 0. The molecule has 1 saturated heterocycles. The Balaban J connectivity index is 1.38. The lowest BCUT2D eigenvalue weighted by molar-refractivity contribution is -0.362. The third kappa shape index (κ3) is 4.13. The van der Waals surface area contributed by atoms with Crippen LogP contribution >= 0.6 is 0 Å². The molecule has 0 N–H and O–H groups in total. The lowest BCUT2D eigenvalue weighted by Gasteiger charge is -2.34. The Hall–Kier alpha value is -2.81. The van der Waals surface area contributed by atoms with Crippen molar-refractivity contribution in [2.45, 2.75) is 33.6 Å². The van der Waals surface area contributed by atoms with E-state index in [4.69, 9.17) is 0 Å². The van der Waals surface area contributed by atoms with Crippen LogP contribution in [0.1, 0.15) is 38.6 Å². The maximum atomic E-state index is 15.5. The molecule has 1 amide bonds. The Morgan fingerprint density at radius 2 is 1.84 bits per heavy atom. The van der Waals surface area contributed by atoms with Gasteiger partial charge in [0, 0.05) is 69.5 Å². The topological polar surface area (TPSA) is 48.6 Å². The van der Waals surface area contributed by atoms with Gasteiger partial charge in [-0.3, -0.25) is 14.5 Å². The lowest BCUT2D eigenvalue weighted by atomic mass is 9.89. The summed E-state index contributed by atoms with van der Waals surface area (Å²) in [6.45, 7) is 4.45. The second-order valence-corrected chi connectivity index (χ2v) is 8.77. The molecule has 0 saturated carbocycles. The van der Waals surface area contributed by atoms with Gasteiger partial charge in [0.15, 0.2) is 11.5 Å². The fourth-order valence-electron chi connectivity index (χ4n) is 4.84. The van der Waals surface area contributed by atoms with E-state index in [0.717, 1.165) is 27.6 Å². The Morgan fingerprint density at radius 3 is 2.53 bits per heavy atom. The number of hydrogen-bond acceptors (Lipinski definition) is 3. The van der Waals surface area contributed by atoms with E-state index < -0.39 is 6.97 Å². The van der Waals surface area contributed by atoms with Crippen LogP contribution in [-0.2, 0) is 16.0 Å². The van der Waals surface area contributed by atoms with Gasteiger partial charge in [-0.1, -0.05) is 6.08 Å². The molecular formula is C23H29BF2N4O2. The van der Waals surface area contributed by atoms with E-state index in [2.05, 4.69) is 4.90 Å². The minimum Gasteiger partial charge on any atom is -0.394 e. The number of amides is 1. The van der Waals surface area contributed by atoms with Gasteiger partial charge in [0.05, 0.1) is 0 Å². The van der Waals surface area contributed by atoms with Crippen molar-refractivity contribution >= 4 is 30.4 Å². The minimum atomic E-state index is -3.99. The largest absolute Gasteiger partial charge is 0.737 e. The van der Waals surface area contributed by atoms with Crippen LogP contribution in [0, 0.1) is 0 Å². The highest BCUT2D eigenvalue weighted by Gasteiger charge is 2.52. The summed E-state index contributed by atoms with van der Waals surface area (Å²) < 4.78 is 33.2. The first-order valence-corrected chi connectivity index (χ1v) is 11.1. The van der Waals surface area contributed by atoms with E-state index in [1.807, 2.05) is 13.0 Å². The van der Waals surface area contributed by atoms with Gasteiger partial charge < -0.3 is 22.5 Å². The standard InChI is InChI=1S/C23H29BF2N4O2/c1-17-15-18(2)29-22(17)16-21-7-6-20(30(21)24(29,25)26)8-9-23(32)28-13-11-27(12-14-28)10-4-5-19(3)31/h4-7,15-16H,8-14H2,1-3H3/b5-4+. The first-order valence-electron chi connectivity index (χ1n) is 11.1. The number of carbonyl (C=O) groups is 2. The number of aromatic nitrogens is 1. The van der Waals surface area contributed by atoms with E-state index in [1.165, 1.54) is 6.92 Å². The molecule has 4 rings (SSSR count). The summed E-state index contributed by atoms with van der Waals surface area (Å²) in [6, 6.07) is 3.43. The molecule has 32 heavy (non-hydrogen) atoms. The predicted molar refractivity (Wildman–Crippen MR) is 122 cm³/mol. The lowest BCUT2D eigenvalue weighted by Crippen LogP contribution is -2.51. The zero-order valence-corrected chi connectivity index (χ0v) is 18.9. The van der Waals surface area contributed by atoms with Crippen LogP contribution in [0.25, 0.3) is 6.08 Å². The molecule has 1 aromatic heterocycles. The summed E-state index contributed by atoms with van der Waals surface area (Å²) in [5.74, 6) is 0.0120. The molecule has 0 aromatic carbocycles. The van der Waals surface area contributed by atoms with E-state index in [1.54, 1.807) is 42.2 Å². The average molecular weight is 442 g/mol. The average Bonchev–Trinajstić information content (AvgIpc) is 3.28. The number of carbonyl (C=O) groups excluding carboxylic acids is 2. The number of rotatable bonds is 6. The molecule has 6 nitrogen and oxygen atoms in total. The molecule has 0 bridgehead atoms. The van der Waals surface area contributed by atoms with Crippen molar-refractivity contribution < 1.29 is 22.7 Å². The molecule has 1 aromatic rings. The van der Waals surface area contributed by atoms with Crippen LogP contribution in [0.5, 0.6) is 0 Å². The molecule has 1 fully saturated rings. The number of aryl methyl sites for hydroxylation is 1. The van der Waals surface area contributed by atoms with Crippen LogP contribution in [0.4, 0.5) is 8.63 Å². The molecule has 170 valence electrons. The highest BCUT2D eigenvalue weighted by Crippen LogP contribution is 2.35. The fourth-order valence-corrected chi connectivity index (χ4v) is 4.84. The van der Waals surface area contributed by atoms with Crippen LogP contribution in [0.15, 0.2) is 41.6 Å². The van der Waals surface area contributed by atoms with Gasteiger partial charge >= 0.3 is 6.97 Å². The van der Waals surface area contributed by atoms with Crippen LogP contribution in [-0.4, -0.2) is 75.9 Å². The molecule has 0 aliphatic carbocycles. The molecule has 9 heteroatoms. The maximum Gasteiger partial charge on any atom is 0.737 e. The van der Waals surface area contributed by atoms with Crippen molar-refractivity contribution in [2.24, 2.45) is 0 Å². The summed E-state index contributed by atoms with van der Waals surface area (Å²) >= 11 is 0. The first kappa shape index (κ1) is 22.4. The van der Waals surface area contributed by atoms with E-state index in [0.29, 0.717) is 42.4 Å². The van der Waals surface area contributed by atoms with Crippen LogP contribution in [0.2, 0.25) is 0 Å². The van der Waals surface area contributed by atoms with Crippen molar-refractivity contribution in [3.63, 3.8) is 0 Å². The smallest absolute Gasteiger partial charge is 0.394 e. The van der Waals surface area contributed by atoms with Crippen molar-refractivity contribution in [1.82, 2.24) is 14.3 Å². The summed E-state index contributed by atoms with van der Waals surface area (Å²) in [7, 11) is 0. The fraction of sp³-hybridized carbons (Fsp3) is 0.435. The molecule has 0 radical (unpaired) electrons. The Labute approximate surface area is 187 Å². The monoisotopic (exact) mass is 442 g/mol. The summed E-state index contributed by atoms with van der Waals surface area (Å²) in [4.78, 5) is 27.7. The first-order chi connectivity index (χ1) is 15.2. The second-order valence-electron chi connectivity index (χ2n) is 8.77. The molecule has 0 atom stereocenters. The third-order valence-corrected chi connectivity index (χ3v) is 6.45. The maximum absolute atomic E-state index is 15.5. The SMILES string of the molecule is CC(=O)/C=C/CN1CCN(C(=O)CCc2ccc3n2[B-](F)(F)[N+]2=C(C)C=C(C)C2=C3)CC1. The Kier molecular flexibility index (Phi) is 6.03. The van der Waals surface area contributed by atoms with Gasteiger partial charge in [0.25, 0.3) is 0 Å². The van der Waals surface area contributed by atoms with Crippen LogP contribution < -0.4 is 0 Å². The van der Waals surface area contributed by atoms with Gasteiger partial charge in [0.1, 0.15) is 5.71 Å². The quantitative estimate of drug-likeness (QED) is 0.503. The highest BCUT2D eigenvalue weighted by molar-refractivity contribution is 6.58. The number of hydrogen-bond donors (Lipinski definition) is 0. The van der Waals surface area contributed by atoms with Gasteiger partial charge in [-0.25, -0.2) is 0 Å². The van der Waals surface area contributed by atoms with Gasteiger partial charge in [-0.05, 0) is 44.2 Å². The van der Waals surface area contributed by atoms with Crippen LogP contribution in [0.3, 0.4) is 0 Å². The molecule has 0 spiro atoms. The normalized spacial score (nSPS) is 20.3. The second kappa shape index (κ2) is 8.62. The summed E-state index contributed by atoms with van der Waals surface area (Å²) in [6.07, 6.45) is 7.47. The van der Waals surface area contributed by atoms with Crippen molar-refractivity contribution in [3.05, 3.63) is 53.0 Å². The van der Waals surface area contributed by atoms with Crippen molar-refractivity contribution in [1.29, 1.82) is 0 Å². The number of nitrogens with zero attached hydrogens (tertiary/aromatic N) is 4. The number of ketones is 1.